The summed E-state index contributed by atoms with van der Waals surface area (Å²) in [5.74, 6) is -3.89. The average Bonchev–Trinajstić information content (AvgIpc) is 1.94. The summed E-state index contributed by atoms with van der Waals surface area (Å²) in [6.45, 7) is 0. The van der Waals surface area contributed by atoms with Crippen molar-refractivity contribution in [3.8, 4) is 0 Å². The topological polar surface area (TPSA) is 0 Å². The third-order valence-corrected chi connectivity index (χ3v) is 1.38. The van der Waals surface area contributed by atoms with Crippen molar-refractivity contribution in [2.45, 2.75) is 12.3 Å². The van der Waals surface area contributed by atoms with Crippen molar-refractivity contribution in [3.63, 3.8) is 0 Å². The van der Waals surface area contributed by atoms with Crippen LogP contribution in [-0.2, 0) is 0 Å². The Morgan fingerprint density at radius 3 is 2.15 bits per heavy atom. The monoisotopic (exact) mass is 201 g/mol. The highest BCUT2D eigenvalue weighted by Gasteiger charge is 2.41. The number of rotatable bonds is 0. The molecular weight excluding hydrogens is 198 g/mol. The van der Waals surface area contributed by atoms with E-state index in [4.69, 9.17) is 0 Å². The Kier molecular flexibility index (Phi) is 2.40. The van der Waals surface area contributed by atoms with Gasteiger partial charge in [-0.05, 0) is 6.08 Å². The van der Waals surface area contributed by atoms with Gasteiger partial charge in [0.2, 0.25) is 0 Å². The Morgan fingerprint density at radius 1 is 1.15 bits per heavy atom. The molecule has 1 unspecified atom stereocenters. The first-order valence-electron chi connectivity index (χ1n) is 3.16. The molecule has 0 aromatic heterocycles. The van der Waals surface area contributed by atoms with Crippen LogP contribution in [0.1, 0.15) is 0 Å². The highest BCUT2D eigenvalue weighted by molar-refractivity contribution is 5.40. The summed E-state index contributed by atoms with van der Waals surface area (Å²) in [5, 5.41) is 0. The van der Waals surface area contributed by atoms with Crippen LogP contribution in [0.4, 0.5) is 26.3 Å². The fourth-order valence-corrected chi connectivity index (χ4v) is 0.841. The minimum atomic E-state index is -5.07. The van der Waals surface area contributed by atoms with Crippen molar-refractivity contribution in [1.29, 1.82) is 0 Å². The minimum absolute atomic E-state index is 0.0155. The number of hydrogen-bond acceptors (Lipinski definition) is 0. The smallest absolute Gasteiger partial charge is 0.242 e. The Bertz CT molecular complexity index is 271. The summed E-state index contributed by atoms with van der Waals surface area (Å²) in [5.41, 5.74) is -1.90. The van der Waals surface area contributed by atoms with Gasteiger partial charge in [0.05, 0.1) is 12.0 Å². The molecule has 73 valence electrons. The number of allylic oxidation sites excluding steroid dienone is 4. The summed E-state index contributed by atoms with van der Waals surface area (Å²) in [4.78, 5) is 0. The van der Waals surface area contributed by atoms with Gasteiger partial charge in [0.15, 0.2) is 5.83 Å². The summed E-state index contributed by atoms with van der Waals surface area (Å²) in [7, 11) is 0. The lowest BCUT2D eigenvalue weighted by atomic mass is 10.0. The first-order chi connectivity index (χ1) is 5.82. The average molecular weight is 201 g/mol. The van der Waals surface area contributed by atoms with Crippen molar-refractivity contribution in [1.82, 2.24) is 0 Å². The lowest BCUT2D eigenvalue weighted by Crippen LogP contribution is -2.19. The molecule has 1 atom stereocenters. The molecule has 1 rings (SSSR count). The molecular formula is C7H3F6. The van der Waals surface area contributed by atoms with Gasteiger partial charge in [0.1, 0.15) is 12.0 Å². The molecule has 0 bridgehead atoms. The van der Waals surface area contributed by atoms with Gasteiger partial charge in [-0.2, -0.15) is 13.2 Å². The first kappa shape index (κ1) is 10.1. The van der Waals surface area contributed by atoms with Crippen LogP contribution in [0.2, 0.25) is 0 Å². The van der Waals surface area contributed by atoms with E-state index in [0.717, 1.165) is 0 Å². The minimum Gasteiger partial charge on any atom is -0.242 e. The van der Waals surface area contributed by atoms with Crippen molar-refractivity contribution in [3.05, 3.63) is 29.7 Å². The van der Waals surface area contributed by atoms with E-state index in [9.17, 15) is 26.3 Å². The lowest BCUT2D eigenvalue weighted by Gasteiger charge is -2.16. The van der Waals surface area contributed by atoms with E-state index in [1.807, 2.05) is 0 Å². The molecule has 1 aliphatic rings. The number of alkyl halides is 4. The second-order valence-electron chi connectivity index (χ2n) is 2.35. The van der Waals surface area contributed by atoms with Crippen molar-refractivity contribution < 1.29 is 26.3 Å². The van der Waals surface area contributed by atoms with E-state index in [1.54, 1.807) is 0 Å². The molecule has 0 amide bonds. The molecule has 0 nitrogen and oxygen atoms in total. The van der Waals surface area contributed by atoms with Crippen molar-refractivity contribution >= 4 is 0 Å². The third kappa shape index (κ3) is 2.05. The molecule has 0 spiro atoms. The van der Waals surface area contributed by atoms with Crippen LogP contribution in [-0.4, -0.2) is 12.3 Å². The Balaban J connectivity index is 3.08. The van der Waals surface area contributed by atoms with Gasteiger partial charge in [-0.1, -0.05) is 0 Å². The molecule has 0 saturated carbocycles. The Labute approximate surface area is 69.5 Å². The zero-order valence-corrected chi connectivity index (χ0v) is 6.00. The van der Waals surface area contributed by atoms with Gasteiger partial charge in [-0.25, -0.2) is 13.2 Å². The molecule has 6 heteroatoms. The second-order valence-corrected chi connectivity index (χ2v) is 2.35. The molecule has 13 heavy (non-hydrogen) atoms. The van der Waals surface area contributed by atoms with Crippen LogP contribution >= 0.6 is 0 Å². The van der Waals surface area contributed by atoms with Crippen molar-refractivity contribution in [2.24, 2.45) is 0 Å². The maximum atomic E-state index is 12.4. The summed E-state index contributed by atoms with van der Waals surface area (Å²) < 4.78 is 72.6. The van der Waals surface area contributed by atoms with Gasteiger partial charge in [-0.15, -0.1) is 0 Å². The fourth-order valence-electron chi connectivity index (χ4n) is 0.841. The first-order valence-corrected chi connectivity index (χ1v) is 3.16. The Morgan fingerprint density at radius 2 is 1.69 bits per heavy atom. The molecule has 0 fully saturated rings. The lowest BCUT2D eigenvalue weighted by molar-refractivity contribution is -0.0922. The second kappa shape index (κ2) is 3.08. The van der Waals surface area contributed by atoms with E-state index in [2.05, 4.69) is 0 Å². The van der Waals surface area contributed by atoms with Gasteiger partial charge in [-0.3, -0.25) is 0 Å². The van der Waals surface area contributed by atoms with Crippen molar-refractivity contribution in [2.75, 3.05) is 0 Å². The number of hydrogen-bond donors (Lipinski definition) is 0. The Hall–Kier alpha value is -0.940. The van der Waals surface area contributed by atoms with Crippen LogP contribution in [0.15, 0.2) is 23.3 Å². The molecule has 0 aliphatic heterocycles. The van der Waals surface area contributed by atoms with E-state index in [1.165, 1.54) is 0 Å². The molecule has 1 aliphatic carbocycles. The predicted molar refractivity (Wildman–Crippen MR) is 32.6 cm³/mol. The number of halogens is 6. The van der Waals surface area contributed by atoms with Gasteiger partial charge >= 0.3 is 6.18 Å². The standard InChI is InChI=1S/C7H3F6/c8-3-1-4(7(11,12)13)6(10)5(9)2-3/h1-3H. The largest absolute Gasteiger partial charge is 0.419 e. The fraction of sp³-hybridized carbons (Fsp3) is 0.286. The van der Waals surface area contributed by atoms with Gasteiger partial charge in [0, 0.05) is 0 Å². The summed E-state index contributed by atoms with van der Waals surface area (Å²) >= 11 is 0. The molecule has 0 heterocycles. The molecule has 0 aromatic rings. The van der Waals surface area contributed by atoms with E-state index < -0.39 is 29.6 Å². The van der Waals surface area contributed by atoms with Gasteiger partial charge in [0.25, 0.3) is 0 Å². The predicted octanol–water partition coefficient (Wildman–Crippen LogP) is 3.18. The molecule has 0 N–H and O–H groups in total. The highest BCUT2D eigenvalue weighted by atomic mass is 19.4. The van der Waals surface area contributed by atoms with Gasteiger partial charge < -0.3 is 0 Å². The zero-order chi connectivity index (χ0) is 10.2. The highest BCUT2D eigenvalue weighted by Crippen LogP contribution is 2.38. The van der Waals surface area contributed by atoms with E-state index in [0.29, 0.717) is 0 Å². The van der Waals surface area contributed by atoms with Crippen LogP contribution in [0, 0.1) is 6.42 Å². The van der Waals surface area contributed by atoms with E-state index >= 15 is 0 Å². The van der Waals surface area contributed by atoms with Crippen LogP contribution in [0.3, 0.4) is 0 Å². The third-order valence-electron chi connectivity index (χ3n) is 1.38. The van der Waals surface area contributed by atoms with Crippen LogP contribution in [0.5, 0.6) is 0 Å². The SMILES string of the molecule is FC1=C(F)C(C(F)(F)F)=CC(F)[CH]1. The zero-order valence-electron chi connectivity index (χ0n) is 6.00. The normalized spacial score (nSPS) is 24.8. The molecule has 0 saturated heterocycles. The maximum absolute atomic E-state index is 12.4. The van der Waals surface area contributed by atoms with E-state index in [-0.39, 0.29) is 12.5 Å². The summed E-state index contributed by atoms with van der Waals surface area (Å²) in [6.07, 6.45) is -7.20. The summed E-state index contributed by atoms with van der Waals surface area (Å²) in [6, 6.07) is 0. The molecule has 0 aromatic carbocycles. The van der Waals surface area contributed by atoms with Crippen LogP contribution in [0.25, 0.3) is 0 Å². The molecule has 1 radical (unpaired) electrons. The van der Waals surface area contributed by atoms with Crippen LogP contribution < -0.4 is 0 Å². The quantitative estimate of drug-likeness (QED) is 0.528. The maximum Gasteiger partial charge on any atom is 0.419 e.